The van der Waals surface area contributed by atoms with Gasteiger partial charge in [0.25, 0.3) is 0 Å². The molecule has 24 heavy (non-hydrogen) atoms. The highest BCUT2D eigenvalue weighted by Gasteiger charge is 2.13. The third-order valence-electron chi connectivity index (χ3n) is 3.41. The summed E-state index contributed by atoms with van der Waals surface area (Å²) in [4.78, 5) is 16.6. The second-order valence-corrected chi connectivity index (χ2v) is 6.51. The first kappa shape index (κ1) is 16.5. The summed E-state index contributed by atoms with van der Waals surface area (Å²) in [5, 5.41) is 3.99. The normalized spacial score (nSPS) is 10.6. The molecule has 1 aromatic heterocycles. The van der Waals surface area contributed by atoms with Gasteiger partial charge in [-0.15, -0.1) is 0 Å². The van der Waals surface area contributed by atoms with Crippen LogP contribution in [0.1, 0.15) is 5.56 Å². The molecule has 1 amide bonds. The number of amides is 1. The highest BCUT2D eigenvalue weighted by molar-refractivity contribution is 7.22. The van der Waals surface area contributed by atoms with Gasteiger partial charge in [-0.25, -0.2) is 4.98 Å². The number of fused-ring (bicyclic) bond motifs is 1. The Bertz CT molecular complexity index is 877. The smallest absolute Gasteiger partial charge is 0.230 e. The van der Waals surface area contributed by atoms with Crippen LogP contribution in [0.5, 0.6) is 11.5 Å². The Morgan fingerprint density at radius 3 is 2.62 bits per heavy atom. The van der Waals surface area contributed by atoms with Crippen molar-refractivity contribution in [2.24, 2.45) is 0 Å². The van der Waals surface area contributed by atoms with E-state index in [1.807, 2.05) is 18.2 Å². The summed E-state index contributed by atoms with van der Waals surface area (Å²) in [6, 6.07) is 10.8. The Kier molecular flexibility index (Phi) is 4.87. The predicted octanol–water partition coefficient (Wildman–Crippen LogP) is 4.15. The molecular weight excluding hydrogens is 348 g/mol. The summed E-state index contributed by atoms with van der Waals surface area (Å²) in [6.07, 6.45) is 0.257. The number of halogens is 1. The Hall–Kier alpha value is -2.31. The largest absolute Gasteiger partial charge is 0.497 e. The van der Waals surface area contributed by atoms with Crippen LogP contribution in [0.15, 0.2) is 36.4 Å². The minimum Gasteiger partial charge on any atom is -0.497 e. The average molecular weight is 363 g/mol. The first-order chi connectivity index (χ1) is 11.6. The van der Waals surface area contributed by atoms with E-state index in [-0.39, 0.29) is 12.3 Å². The van der Waals surface area contributed by atoms with Crippen LogP contribution in [-0.2, 0) is 11.2 Å². The number of aromatic nitrogens is 1. The summed E-state index contributed by atoms with van der Waals surface area (Å²) in [6.45, 7) is 0. The molecular formula is C17H15ClN2O3S. The lowest BCUT2D eigenvalue weighted by atomic mass is 10.1. The Morgan fingerprint density at radius 2 is 1.96 bits per heavy atom. The molecule has 124 valence electrons. The first-order valence-corrected chi connectivity index (χ1v) is 8.35. The number of hydrogen-bond donors (Lipinski definition) is 1. The fourth-order valence-corrected chi connectivity index (χ4v) is 3.31. The lowest BCUT2D eigenvalue weighted by Crippen LogP contribution is -2.14. The quantitative estimate of drug-likeness (QED) is 0.740. The molecule has 3 rings (SSSR count). The molecule has 2 aromatic carbocycles. The predicted molar refractivity (Wildman–Crippen MR) is 96.5 cm³/mol. The molecule has 0 spiro atoms. The van der Waals surface area contributed by atoms with Gasteiger partial charge in [0.05, 0.1) is 25.3 Å². The van der Waals surface area contributed by atoms with E-state index in [1.54, 1.807) is 32.4 Å². The maximum Gasteiger partial charge on any atom is 0.230 e. The topological polar surface area (TPSA) is 60.5 Å². The number of carbonyl (C=O) groups excluding carboxylic acids is 1. The molecule has 1 N–H and O–H groups in total. The number of benzene rings is 2. The molecule has 5 nitrogen and oxygen atoms in total. The number of thiazole rings is 1. The molecule has 7 heteroatoms. The van der Waals surface area contributed by atoms with Gasteiger partial charge in [-0.2, -0.15) is 0 Å². The second kappa shape index (κ2) is 7.07. The molecule has 0 radical (unpaired) electrons. The van der Waals surface area contributed by atoms with E-state index in [0.717, 1.165) is 10.3 Å². The fraction of sp³-hybridized carbons (Fsp3) is 0.176. The number of methoxy groups -OCH3 is 2. The van der Waals surface area contributed by atoms with Gasteiger partial charge in [0.1, 0.15) is 17.0 Å². The summed E-state index contributed by atoms with van der Waals surface area (Å²) < 4.78 is 11.5. The van der Waals surface area contributed by atoms with Crippen molar-refractivity contribution in [2.45, 2.75) is 6.42 Å². The number of carbonyl (C=O) groups is 1. The van der Waals surface area contributed by atoms with Gasteiger partial charge in [0.15, 0.2) is 5.13 Å². The minimum absolute atomic E-state index is 0.137. The van der Waals surface area contributed by atoms with Crippen LogP contribution in [0, 0.1) is 0 Å². The van der Waals surface area contributed by atoms with E-state index in [1.165, 1.54) is 11.3 Å². The molecule has 0 saturated heterocycles. The van der Waals surface area contributed by atoms with Crippen LogP contribution >= 0.6 is 22.9 Å². The second-order valence-electron chi connectivity index (χ2n) is 5.05. The van der Waals surface area contributed by atoms with Crippen LogP contribution in [0.4, 0.5) is 5.13 Å². The van der Waals surface area contributed by atoms with Crippen molar-refractivity contribution in [3.05, 3.63) is 47.0 Å². The van der Waals surface area contributed by atoms with E-state index < -0.39 is 0 Å². The first-order valence-electron chi connectivity index (χ1n) is 7.16. The summed E-state index contributed by atoms with van der Waals surface area (Å²) in [5.41, 5.74) is 1.59. The van der Waals surface area contributed by atoms with Crippen molar-refractivity contribution in [1.82, 2.24) is 4.98 Å². The zero-order valence-corrected chi connectivity index (χ0v) is 14.7. The van der Waals surface area contributed by atoms with E-state index in [4.69, 9.17) is 21.1 Å². The highest BCUT2D eigenvalue weighted by Crippen LogP contribution is 2.36. The zero-order valence-electron chi connectivity index (χ0n) is 13.1. The molecule has 0 atom stereocenters. The van der Waals surface area contributed by atoms with Crippen molar-refractivity contribution < 1.29 is 14.3 Å². The Morgan fingerprint density at radius 1 is 1.21 bits per heavy atom. The molecule has 0 fully saturated rings. The monoisotopic (exact) mass is 362 g/mol. The van der Waals surface area contributed by atoms with Crippen molar-refractivity contribution >= 4 is 44.2 Å². The molecule has 1 heterocycles. The number of nitrogens with zero attached hydrogens (tertiary/aromatic N) is 1. The van der Waals surface area contributed by atoms with Crippen LogP contribution in [0.3, 0.4) is 0 Å². The lowest BCUT2D eigenvalue weighted by Gasteiger charge is -2.03. The SMILES string of the molecule is COc1cc(OC)c2nc(NC(=O)Cc3ccc(Cl)cc3)sc2c1. The zero-order chi connectivity index (χ0) is 17.1. The van der Waals surface area contributed by atoms with Crippen molar-refractivity contribution in [1.29, 1.82) is 0 Å². The number of nitrogens with one attached hydrogen (secondary N) is 1. The summed E-state index contributed by atoms with van der Waals surface area (Å²) in [5.74, 6) is 1.16. The van der Waals surface area contributed by atoms with E-state index in [0.29, 0.717) is 27.2 Å². The lowest BCUT2D eigenvalue weighted by molar-refractivity contribution is -0.115. The summed E-state index contributed by atoms with van der Waals surface area (Å²) in [7, 11) is 3.17. The molecule has 0 aliphatic carbocycles. The third kappa shape index (κ3) is 3.60. The van der Waals surface area contributed by atoms with E-state index >= 15 is 0 Å². The molecule has 0 unspecified atom stereocenters. The van der Waals surface area contributed by atoms with Crippen LogP contribution in [0.2, 0.25) is 5.02 Å². The number of rotatable bonds is 5. The molecule has 0 saturated carbocycles. The van der Waals surface area contributed by atoms with Crippen molar-refractivity contribution in [3.63, 3.8) is 0 Å². The molecule has 3 aromatic rings. The maximum absolute atomic E-state index is 12.2. The molecule has 0 aliphatic rings. The van der Waals surface area contributed by atoms with Gasteiger partial charge in [-0.1, -0.05) is 35.1 Å². The van der Waals surface area contributed by atoms with Gasteiger partial charge >= 0.3 is 0 Å². The van der Waals surface area contributed by atoms with Crippen molar-refractivity contribution in [3.8, 4) is 11.5 Å². The van der Waals surface area contributed by atoms with Crippen LogP contribution in [-0.4, -0.2) is 25.1 Å². The molecule has 0 aliphatic heterocycles. The van der Waals surface area contributed by atoms with Gasteiger partial charge in [0.2, 0.25) is 5.91 Å². The standard InChI is InChI=1S/C17H15ClN2O3S/c1-22-12-8-13(23-2)16-14(9-12)24-17(20-16)19-15(21)7-10-3-5-11(18)6-4-10/h3-6,8-9H,7H2,1-2H3,(H,19,20,21). The fourth-order valence-electron chi connectivity index (χ4n) is 2.25. The van der Waals surface area contributed by atoms with Crippen LogP contribution in [0.25, 0.3) is 10.2 Å². The Balaban J connectivity index is 1.79. The van der Waals surface area contributed by atoms with Gasteiger partial charge < -0.3 is 14.8 Å². The maximum atomic E-state index is 12.2. The van der Waals surface area contributed by atoms with Gasteiger partial charge in [-0.05, 0) is 23.8 Å². The third-order valence-corrected chi connectivity index (χ3v) is 4.58. The average Bonchev–Trinajstić information content (AvgIpc) is 2.97. The number of anilines is 1. The number of ether oxygens (including phenoxy) is 2. The minimum atomic E-state index is -0.137. The van der Waals surface area contributed by atoms with Crippen LogP contribution < -0.4 is 14.8 Å². The Labute approximate surface area is 148 Å². The van der Waals surface area contributed by atoms with Crippen molar-refractivity contribution in [2.75, 3.05) is 19.5 Å². The highest BCUT2D eigenvalue weighted by atomic mass is 35.5. The molecule has 0 bridgehead atoms. The van der Waals surface area contributed by atoms with Gasteiger partial charge in [-0.3, -0.25) is 4.79 Å². The van der Waals surface area contributed by atoms with Gasteiger partial charge in [0, 0.05) is 11.1 Å². The van der Waals surface area contributed by atoms with E-state index in [2.05, 4.69) is 10.3 Å². The summed E-state index contributed by atoms with van der Waals surface area (Å²) >= 11 is 7.22. The number of hydrogen-bond acceptors (Lipinski definition) is 5. The van der Waals surface area contributed by atoms with E-state index in [9.17, 15) is 4.79 Å².